The van der Waals surface area contributed by atoms with Crippen LogP contribution < -0.4 is 5.32 Å². The average molecular weight is 347 g/mol. The van der Waals surface area contributed by atoms with Crippen molar-refractivity contribution in [2.75, 3.05) is 26.0 Å². The summed E-state index contributed by atoms with van der Waals surface area (Å²) in [6.45, 7) is 0.602. The molecule has 24 heavy (non-hydrogen) atoms. The first-order valence-electron chi connectivity index (χ1n) is 7.41. The van der Waals surface area contributed by atoms with Gasteiger partial charge < -0.3 is 15.0 Å². The highest BCUT2D eigenvalue weighted by Gasteiger charge is 2.12. The molecule has 0 aliphatic heterocycles. The molecule has 0 saturated heterocycles. The molecule has 0 aliphatic carbocycles. The molecule has 1 N–H and O–H groups in total. The summed E-state index contributed by atoms with van der Waals surface area (Å²) in [6, 6.07) is 14.5. The lowest BCUT2D eigenvalue weighted by atomic mass is 10.2. The van der Waals surface area contributed by atoms with Gasteiger partial charge in [0.2, 0.25) is 5.91 Å². The predicted octanol–water partition coefficient (Wildman–Crippen LogP) is 3.20. The molecule has 0 fully saturated rings. The van der Waals surface area contributed by atoms with Gasteiger partial charge in [0.05, 0.1) is 29.9 Å². The number of likely N-dealkylation sites (N-methyl/N-ethyl adjacent to an activating group) is 1. The summed E-state index contributed by atoms with van der Waals surface area (Å²) in [5.41, 5.74) is 1.94. The number of anilines is 1. The lowest BCUT2D eigenvalue weighted by Crippen LogP contribution is -2.31. The van der Waals surface area contributed by atoms with Crippen LogP contribution in [0.2, 0.25) is 5.02 Å². The minimum atomic E-state index is -0.456. The number of nitrogens with zero attached hydrogens (tertiary/aromatic N) is 1. The number of halogens is 1. The fourth-order valence-corrected chi connectivity index (χ4v) is 2.34. The minimum Gasteiger partial charge on any atom is -0.465 e. The molecule has 6 heteroatoms. The van der Waals surface area contributed by atoms with Crippen molar-refractivity contribution >= 4 is 29.2 Å². The Labute approximate surface area is 146 Å². The maximum atomic E-state index is 12.2. The van der Waals surface area contributed by atoms with Crippen molar-refractivity contribution in [3.8, 4) is 0 Å². The number of hydrogen-bond donors (Lipinski definition) is 1. The van der Waals surface area contributed by atoms with Crippen molar-refractivity contribution in [1.29, 1.82) is 0 Å². The van der Waals surface area contributed by atoms with Crippen LogP contribution in [0.15, 0.2) is 48.5 Å². The lowest BCUT2D eigenvalue weighted by Gasteiger charge is -2.18. The molecule has 2 aromatic carbocycles. The highest BCUT2D eigenvalue weighted by atomic mass is 35.5. The van der Waals surface area contributed by atoms with Gasteiger partial charge in [0.1, 0.15) is 0 Å². The number of rotatable bonds is 6. The zero-order chi connectivity index (χ0) is 17.5. The van der Waals surface area contributed by atoms with E-state index in [1.165, 1.54) is 7.11 Å². The highest BCUT2D eigenvalue weighted by Crippen LogP contribution is 2.23. The van der Waals surface area contributed by atoms with Crippen molar-refractivity contribution in [2.45, 2.75) is 6.54 Å². The molecule has 0 bridgehead atoms. The minimum absolute atomic E-state index is 0.0771. The lowest BCUT2D eigenvalue weighted by molar-refractivity contribution is -0.128. The molecule has 1 amide bonds. The predicted molar refractivity (Wildman–Crippen MR) is 94.2 cm³/mol. The Kier molecular flexibility index (Phi) is 6.21. The third-order valence-electron chi connectivity index (χ3n) is 3.51. The molecule has 2 rings (SSSR count). The van der Waals surface area contributed by atoms with E-state index in [1.807, 2.05) is 30.3 Å². The Morgan fingerprint density at radius 2 is 1.88 bits per heavy atom. The summed E-state index contributed by atoms with van der Waals surface area (Å²) in [5, 5.41) is 3.40. The monoisotopic (exact) mass is 346 g/mol. The van der Waals surface area contributed by atoms with E-state index in [2.05, 4.69) is 10.1 Å². The maximum absolute atomic E-state index is 12.2. The number of ether oxygens (including phenoxy) is 1. The summed E-state index contributed by atoms with van der Waals surface area (Å²) >= 11 is 6.10. The van der Waals surface area contributed by atoms with Gasteiger partial charge in [-0.3, -0.25) is 4.79 Å². The van der Waals surface area contributed by atoms with Crippen molar-refractivity contribution in [3.05, 3.63) is 64.7 Å². The van der Waals surface area contributed by atoms with Crippen LogP contribution >= 0.6 is 11.6 Å². The average Bonchev–Trinajstić information content (AvgIpc) is 2.60. The Bertz CT molecular complexity index is 719. The van der Waals surface area contributed by atoms with Gasteiger partial charge in [0.15, 0.2) is 0 Å². The van der Waals surface area contributed by atoms with Crippen LogP contribution in [0, 0.1) is 0 Å². The van der Waals surface area contributed by atoms with Crippen LogP contribution in [0.5, 0.6) is 0 Å². The summed E-state index contributed by atoms with van der Waals surface area (Å²) in [6.07, 6.45) is 0. The fraction of sp³-hybridized carbons (Fsp3) is 0.222. The summed E-state index contributed by atoms with van der Waals surface area (Å²) in [4.78, 5) is 25.4. The molecular formula is C18H19ClN2O3. The zero-order valence-electron chi connectivity index (χ0n) is 13.6. The van der Waals surface area contributed by atoms with Crippen LogP contribution in [0.3, 0.4) is 0 Å². The quantitative estimate of drug-likeness (QED) is 0.816. The van der Waals surface area contributed by atoms with Gasteiger partial charge in [-0.2, -0.15) is 0 Å². The standard InChI is InChI=1S/C18H19ClN2O3/c1-21(12-13-6-4-3-5-7-13)17(22)11-20-16-10-14(18(23)24-2)8-9-15(16)19/h3-10,20H,11-12H2,1-2H3. The fourth-order valence-electron chi connectivity index (χ4n) is 2.16. The Balaban J connectivity index is 1.97. The number of carbonyl (C=O) groups excluding carboxylic acids is 2. The molecule has 0 atom stereocenters. The summed E-state index contributed by atoms with van der Waals surface area (Å²) in [5.74, 6) is -0.541. The van der Waals surface area contributed by atoms with Gasteiger partial charge in [-0.1, -0.05) is 41.9 Å². The zero-order valence-corrected chi connectivity index (χ0v) is 14.3. The van der Waals surface area contributed by atoms with Crippen molar-refractivity contribution < 1.29 is 14.3 Å². The van der Waals surface area contributed by atoms with E-state index in [4.69, 9.17) is 11.6 Å². The molecule has 0 spiro atoms. The van der Waals surface area contributed by atoms with Crippen LogP contribution in [-0.2, 0) is 16.1 Å². The van der Waals surface area contributed by atoms with Crippen LogP contribution in [-0.4, -0.2) is 37.5 Å². The van der Waals surface area contributed by atoms with Crippen molar-refractivity contribution in [3.63, 3.8) is 0 Å². The van der Waals surface area contributed by atoms with E-state index < -0.39 is 5.97 Å². The molecule has 0 unspecified atom stereocenters. The first-order valence-corrected chi connectivity index (χ1v) is 7.78. The SMILES string of the molecule is COC(=O)c1ccc(Cl)c(NCC(=O)N(C)Cc2ccccc2)c1. The Morgan fingerprint density at radius 1 is 1.17 bits per heavy atom. The Morgan fingerprint density at radius 3 is 2.54 bits per heavy atom. The van der Waals surface area contributed by atoms with Crippen LogP contribution in [0.4, 0.5) is 5.69 Å². The second-order valence-electron chi connectivity index (χ2n) is 5.28. The number of carbonyl (C=O) groups is 2. The van der Waals surface area contributed by atoms with Gasteiger partial charge in [-0.15, -0.1) is 0 Å². The van der Waals surface area contributed by atoms with Crippen LogP contribution in [0.25, 0.3) is 0 Å². The molecule has 126 valence electrons. The number of esters is 1. The van der Waals surface area contributed by atoms with Gasteiger partial charge in [-0.25, -0.2) is 4.79 Å². The second-order valence-corrected chi connectivity index (χ2v) is 5.68. The van der Waals surface area contributed by atoms with E-state index in [1.54, 1.807) is 30.1 Å². The normalized spacial score (nSPS) is 10.1. The topological polar surface area (TPSA) is 58.6 Å². The smallest absolute Gasteiger partial charge is 0.337 e. The van der Waals surface area contributed by atoms with Gasteiger partial charge in [0.25, 0.3) is 0 Å². The molecule has 0 aromatic heterocycles. The summed E-state index contributed by atoms with van der Waals surface area (Å²) in [7, 11) is 3.05. The summed E-state index contributed by atoms with van der Waals surface area (Å²) < 4.78 is 4.68. The molecule has 0 saturated carbocycles. The number of nitrogens with one attached hydrogen (secondary N) is 1. The van der Waals surface area contributed by atoms with Gasteiger partial charge >= 0.3 is 5.97 Å². The highest BCUT2D eigenvalue weighted by molar-refractivity contribution is 6.33. The van der Waals surface area contributed by atoms with Gasteiger partial charge in [-0.05, 0) is 23.8 Å². The van der Waals surface area contributed by atoms with Crippen molar-refractivity contribution in [1.82, 2.24) is 4.90 Å². The first kappa shape index (κ1) is 17.8. The van der Waals surface area contributed by atoms with Crippen molar-refractivity contribution in [2.24, 2.45) is 0 Å². The first-order chi connectivity index (χ1) is 11.5. The molecule has 0 heterocycles. The van der Waals surface area contributed by atoms with E-state index in [0.717, 1.165) is 5.56 Å². The maximum Gasteiger partial charge on any atom is 0.337 e. The third kappa shape index (κ3) is 4.73. The number of benzene rings is 2. The van der Waals surface area contributed by atoms with Crippen LogP contribution in [0.1, 0.15) is 15.9 Å². The largest absolute Gasteiger partial charge is 0.465 e. The van der Waals surface area contributed by atoms with E-state index in [9.17, 15) is 9.59 Å². The van der Waals surface area contributed by atoms with E-state index in [-0.39, 0.29) is 12.5 Å². The molecule has 2 aromatic rings. The second kappa shape index (κ2) is 8.36. The van der Waals surface area contributed by atoms with E-state index >= 15 is 0 Å². The molecule has 0 radical (unpaired) electrons. The molecule has 0 aliphatic rings. The number of methoxy groups -OCH3 is 1. The number of amides is 1. The van der Waals surface area contributed by atoms with Gasteiger partial charge in [0, 0.05) is 13.6 Å². The Hall–Kier alpha value is -2.53. The molecule has 5 nitrogen and oxygen atoms in total. The van der Waals surface area contributed by atoms with E-state index in [0.29, 0.717) is 22.8 Å². The third-order valence-corrected chi connectivity index (χ3v) is 3.84. The molecular weight excluding hydrogens is 328 g/mol. The number of hydrogen-bond acceptors (Lipinski definition) is 4.